The van der Waals surface area contributed by atoms with E-state index in [0.29, 0.717) is 0 Å². The predicted molar refractivity (Wildman–Crippen MR) is 263 cm³/mol. The van der Waals surface area contributed by atoms with Gasteiger partial charge in [-0.05, 0) is 200 Å². The van der Waals surface area contributed by atoms with Crippen molar-refractivity contribution in [2.45, 2.75) is 291 Å². The first-order valence-corrected chi connectivity index (χ1v) is 30.3. The lowest BCUT2D eigenvalue weighted by Crippen LogP contribution is -2.63. The zero-order valence-corrected chi connectivity index (χ0v) is 41.1. The van der Waals surface area contributed by atoms with E-state index < -0.39 is 0 Å². The van der Waals surface area contributed by atoms with Gasteiger partial charge in [-0.3, -0.25) is 9.80 Å². The molecule has 0 radical (unpaired) electrons. The van der Waals surface area contributed by atoms with Gasteiger partial charge in [0.1, 0.15) is 0 Å². The normalized spacial score (nSPS) is 53.8. The molecule has 9 aliphatic carbocycles. The lowest BCUT2D eigenvalue weighted by Gasteiger charge is -2.49. The van der Waals surface area contributed by atoms with E-state index in [4.69, 9.17) is 0 Å². The minimum Gasteiger partial charge on any atom is -0.311 e. The van der Waals surface area contributed by atoms with Crippen LogP contribution in [0.2, 0.25) is 0 Å². The molecule has 4 saturated heterocycles. The van der Waals surface area contributed by atoms with Crippen LogP contribution in [0.4, 0.5) is 0 Å². The molecule has 9 saturated carbocycles. The Balaban J connectivity index is 0.651. The monoisotopic (exact) mass is 879 g/mol. The maximum Gasteiger partial charge on any atom is 0.0224 e. The summed E-state index contributed by atoms with van der Waals surface area (Å²) in [6.07, 6.45) is 51.4. The molecule has 4 aliphatic heterocycles. The lowest BCUT2D eigenvalue weighted by molar-refractivity contribution is 0.00656. The highest BCUT2D eigenvalue weighted by atomic mass is 15.3. The fourth-order valence-corrected chi connectivity index (χ4v) is 21.4. The van der Waals surface area contributed by atoms with E-state index in [2.05, 4.69) is 31.1 Å². The van der Waals surface area contributed by atoms with E-state index in [9.17, 15) is 0 Å². The van der Waals surface area contributed by atoms with Gasteiger partial charge in [-0.1, -0.05) is 77.0 Å². The van der Waals surface area contributed by atoms with Crippen molar-refractivity contribution in [1.29, 1.82) is 0 Å². The largest absolute Gasteiger partial charge is 0.311 e. The van der Waals surface area contributed by atoms with Crippen LogP contribution < -0.4 is 21.3 Å². The fourth-order valence-electron chi connectivity index (χ4n) is 21.4. The number of hydrogen-bond donors (Lipinski definition) is 4. The van der Waals surface area contributed by atoms with Crippen LogP contribution in [-0.2, 0) is 0 Å². The van der Waals surface area contributed by atoms with E-state index >= 15 is 0 Å². The highest BCUT2D eigenvalue weighted by Crippen LogP contribution is 2.61. The number of rotatable bonds is 6. The Morgan fingerprint density at radius 2 is 0.656 bits per heavy atom. The van der Waals surface area contributed by atoms with Crippen molar-refractivity contribution >= 4 is 0 Å². The van der Waals surface area contributed by atoms with Crippen molar-refractivity contribution in [2.24, 2.45) is 59.2 Å². The van der Waals surface area contributed by atoms with Gasteiger partial charge in [-0.15, -0.1) is 0 Å². The number of fused-ring (bicyclic) bond motifs is 9. The molecule has 360 valence electrons. The van der Waals surface area contributed by atoms with Crippen LogP contribution >= 0.6 is 0 Å². The van der Waals surface area contributed by atoms with E-state index in [1.807, 2.05) is 0 Å². The summed E-state index contributed by atoms with van der Waals surface area (Å²) in [5, 5.41) is 16.6. The third kappa shape index (κ3) is 8.20. The van der Waals surface area contributed by atoms with Gasteiger partial charge in [-0.25, -0.2) is 0 Å². The van der Waals surface area contributed by atoms with E-state index in [1.54, 1.807) is 77.0 Å². The molecule has 13 rings (SSSR count). The summed E-state index contributed by atoms with van der Waals surface area (Å²) in [5.41, 5.74) is 0. The fraction of sp³-hybridized carbons (Fsp3) is 1.00. The first-order valence-electron chi connectivity index (χ1n) is 30.3. The zero-order chi connectivity index (χ0) is 42.1. The van der Waals surface area contributed by atoms with Gasteiger partial charge in [0.2, 0.25) is 0 Å². The summed E-state index contributed by atoms with van der Waals surface area (Å²) < 4.78 is 0. The van der Waals surface area contributed by atoms with Crippen LogP contribution in [0.5, 0.6) is 0 Å². The molecule has 64 heavy (non-hydrogen) atoms. The highest BCUT2D eigenvalue weighted by Gasteiger charge is 2.63. The molecule has 0 aromatic carbocycles. The molecule has 18 atom stereocenters. The second kappa shape index (κ2) is 19.2. The minimum atomic E-state index is 0.740. The summed E-state index contributed by atoms with van der Waals surface area (Å²) in [5.74, 6) is 10.0. The Labute approximate surface area is 392 Å². The Morgan fingerprint density at radius 3 is 1.11 bits per heavy atom. The van der Waals surface area contributed by atoms with Gasteiger partial charge in [0.25, 0.3) is 0 Å². The topological polar surface area (TPSA) is 54.6 Å². The Bertz CT molecular complexity index is 1430. The average Bonchev–Trinajstić information content (AvgIpc) is 3.89. The maximum atomic E-state index is 4.26. The van der Waals surface area contributed by atoms with Gasteiger partial charge in [0, 0.05) is 85.6 Å². The molecule has 0 aromatic rings. The SMILES string of the molecule is C1CC(C2CCC(N3C4CCCCC4C4C5C6CCCCC6N(C6CCC(C7CCCC(C8CNC9CCCCC9N8)C7)CC6)C5CCC43)CC2)CC(C2CNC3CCCCC3N2)C1. The molecule has 6 heteroatoms. The summed E-state index contributed by atoms with van der Waals surface area (Å²) >= 11 is 0. The third-order valence-corrected chi connectivity index (χ3v) is 24.1. The van der Waals surface area contributed by atoms with E-state index in [0.717, 1.165) is 132 Å². The molecule has 18 unspecified atom stereocenters. The number of likely N-dealkylation sites (tertiary alicyclic amines) is 2. The Kier molecular flexibility index (Phi) is 13.1. The molecule has 6 nitrogen and oxygen atoms in total. The molecule has 13 aliphatic rings. The van der Waals surface area contributed by atoms with Gasteiger partial charge >= 0.3 is 0 Å². The number of nitrogens with one attached hydrogen (secondary N) is 4. The second-order valence-corrected chi connectivity index (χ2v) is 26.7. The van der Waals surface area contributed by atoms with Crippen molar-refractivity contribution in [3.8, 4) is 0 Å². The number of hydrogen-bond acceptors (Lipinski definition) is 6. The van der Waals surface area contributed by atoms with Crippen LogP contribution in [0.3, 0.4) is 0 Å². The zero-order valence-electron chi connectivity index (χ0n) is 41.1. The molecular weight excluding hydrogens is 781 g/mol. The minimum absolute atomic E-state index is 0.740. The maximum absolute atomic E-state index is 4.26. The summed E-state index contributed by atoms with van der Waals surface area (Å²) in [7, 11) is 0. The molecule has 4 N–H and O–H groups in total. The van der Waals surface area contributed by atoms with Crippen molar-refractivity contribution in [3.05, 3.63) is 0 Å². The molecule has 0 aromatic heterocycles. The quantitative estimate of drug-likeness (QED) is 0.213. The van der Waals surface area contributed by atoms with Crippen molar-refractivity contribution in [1.82, 2.24) is 31.1 Å². The molecule has 0 spiro atoms. The van der Waals surface area contributed by atoms with Gasteiger partial charge in [0.15, 0.2) is 0 Å². The van der Waals surface area contributed by atoms with Crippen LogP contribution in [0.25, 0.3) is 0 Å². The number of piperazine rings is 2. The Hall–Kier alpha value is -0.240. The van der Waals surface area contributed by atoms with E-state index in [-0.39, 0.29) is 0 Å². The van der Waals surface area contributed by atoms with Crippen LogP contribution in [-0.4, -0.2) is 95.4 Å². The van der Waals surface area contributed by atoms with Gasteiger partial charge in [0.05, 0.1) is 0 Å². The first kappa shape index (κ1) is 43.8. The van der Waals surface area contributed by atoms with Gasteiger partial charge < -0.3 is 21.3 Å². The van der Waals surface area contributed by atoms with Gasteiger partial charge in [-0.2, -0.15) is 0 Å². The third-order valence-electron chi connectivity index (χ3n) is 24.1. The van der Waals surface area contributed by atoms with Crippen LogP contribution in [0.15, 0.2) is 0 Å². The standard InChI is InChI=1S/C58H98N6/c1-7-21-53-45(15-1)57-55(63(53)43-27-23-37(24-28-43)39-11-9-13-41(33-39)51-35-59-47-17-3-5-19-49(47)61-51)31-32-56-58(57)46-16-2-8-22-54(46)64(56)44-29-25-38(26-30-44)40-12-10-14-42(34-40)52-36-60-48-18-4-6-20-50(48)62-52/h37-62H,1-36H2. The summed E-state index contributed by atoms with van der Waals surface area (Å²) in [6.45, 7) is 2.48. The summed E-state index contributed by atoms with van der Waals surface area (Å²) in [4.78, 5) is 6.80. The molecule has 0 bridgehead atoms. The second-order valence-electron chi connectivity index (χ2n) is 26.7. The number of nitrogens with zero attached hydrogens (tertiary/aromatic N) is 2. The lowest BCUT2D eigenvalue weighted by atomic mass is 9.61. The van der Waals surface area contributed by atoms with Crippen molar-refractivity contribution in [2.75, 3.05) is 13.1 Å². The van der Waals surface area contributed by atoms with E-state index in [1.165, 1.54) is 154 Å². The average molecular weight is 879 g/mol. The van der Waals surface area contributed by atoms with Crippen molar-refractivity contribution < 1.29 is 0 Å². The Morgan fingerprint density at radius 1 is 0.266 bits per heavy atom. The molecule has 0 amide bonds. The predicted octanol–water partition coefficient (Wildman–Crippen LogP) is 11.0. The highest BCUT2D eigenvalue weighted by molar-refractivity contribution is 5.16. The molecule has 4 heterocycles. The molecular formula is C58H98N6. The van der Waals surface area contributed by atoms with Crippen LogP contribution in [0.1, 0.15) is 218 Å². The smallest absolute Gasteiger partial charge is 0.0224 e. The summed E-state index contributed by atoms with van der Waals surface area (Å²) in [6, 6.07) is 10.1. The van der Waals surface area contributed by atoms with Crippen LogP contribution in [0, 0.1) is 59.2 Å². The molecule has 13 fully saturated rings. The van der Waals surface area contributed by atoms with Crippen molar-refractivity contribution in [3.63, 3.8) is 0 Å². The first-order chi connectivity index (χ1) is 31.7.